The first-order valence-corrected chi connectivity index (χ1v) is 7.51. The predicted octanol–water partition coefficient (Wildman–Crippen LogP) is 2.86. The SMILES string of the molecule is c1ccc(SCCNC2=NCCCS2)cc1. The van der Waals surface area contributed by atoms with Crippen molar-refractivity contribution in [3.8, 4) is 0 Å². The van der Waals surface area contributed by atoms with Gasteiger partial charge in [-0.05, 0) is 18.6 Å². The van der Waals surface area contributed by atoms with Crippen LogP contribution >= 0.6 is 23.5 Å². The molecule has 0 unspecified atom stereocenters. The van der Waals surface area contributed by atoms with E-state index in [0.717, 1.165) is 24.0 Å². The van der Waals surface area contributed by atoms with E-state index < -0.39 is 0 Å². The van der Waals surface area contributed by atoms with Crippen LogP contribution in [-0.2, 0) is 0 Å². The standard InChI is InChI=1S/C12H16N2S2/c1-2-5-11(6-3-1)15-10-8-14-12-13-7-4-9-16-12/h1-3,5-6H,4,7-10H2,(H,13,14). The molecule has 0 aromatic heterocycles. The normalized spacial score (nSPS) is 15.6. The number of rotatable bonds is 4. The molecule has 0 bridgehead atoms. The van der Waals surface area contributed by atoms with Gasteiger partial charge in [0.05, 0.1) is 0 Å². The molecule has 0 aliphatic carbocycles. The summed E-state index contributed by atoms with van der Waals surface area (Å²) in [5.74, 6) is 2.29. The molecule has 0 saturated heterocycles. The number of nitrogens with one attached hydrogen (secondary N) is 1. The Kier molecular flexibility index (Phi) is 5.09. The Morgan fingerprint density at radius 3 is 2.94 bits per heavy atom. The predicted molar refractivity (Wildman–Crippen MR) is 74.5 cm³/mol. The minimum atomic E-state index is 0.987. The number of hydrogen-bond acceptors (Lipinski definition) is 4. The maximum atomic E-state index is 4.43. The molecule has 0 saturated carbocycles. The number of aliphatic imine (C=N–C) groups is 1. The number of benzene rings is 1. The summed E-state index contributed by atoms with van der Waals surface area (Å²) in [4.78, 5) is 5.77. The Balaban J connectivity index is 1.63. The van der Waals surface area contributed by atoms with Crippen molar-refractivity contribution < 1.29 is 0 Å². The molecular weight excluding hydrogens is 236 g/mol. The molecule has 4 heteroatoms. The van der Waals surface area contributed by atoms with Crippen LogP contribution in [-0.4, -0.2) is 29.8 Å². The van der Waals surface area contributed by atoms with Gasteiger partial charge < -0.3 is 5.32 Å². The second kappa shape index (κ2) is 6.86. The van der Waals surface area contributed by atoms with Gasteiger partial charge in [-0.1, -0.05) is 30.0 Å². The largest absolute Gasteiger partial charge is 0.364 e. The van der Waals surface area contributed by atoms with E-state index in [2.05, 4.69) is 40.6 Å². The van der Waals surface area contributed by atoms with E-state index in [1.807, 2.05) is 23.5 Å². The van der Waals surface area contributed by atoms with E-state index in [1.54, 1.807) is 0 Å². The van der Waals surface area contributed by atoms with Crippen LogP contribution in [0.3, 0.4) is 0 Å². The summed E-state index contributed by atoms with van der Waals surface area (Å²) < 4.78 is 0. The fourth-order valence-electron chi connectivity index (χ4n) is 1.41. The quantitative estimate of drug-likeness (QED) is 0.659. The molecule has 1 aromatic rings. The van der Waals surface area contributed by atoms with Gasteiger partial charge >= 0.3 is 0 Å². The Bertz CT molecular complexity index is 338. The van der Waals surface area contributed by atoms with Gasteiger partial charge in [0, 0.05) is 29.5 Å². The number of hydrogen-bond donors (Lipinski definition) is 1. The number of thioether (sulfide) groups is 2. The third kappa shape index (κ3) is 4.10. The van der Waals surface area contributed by atoms with E-state index in [9.17, 15) is 0 Å². The van der Waals surface area contributed by atoms with Gasteiger partial charge in [-0.15, -0.1) is 11.8 Å². The van der Waals surface area contributed by atoms with Crippen molar-refractivity contribution in [2.24, 2.45) is 4.99 Å². The van der Waals surface area contributed by atoms with Gasteiger partial charge in [0.25, 0.3) is 0 Å². The topological polar surface area (TPSA) is 24.4 Å². The molecule has 0 spiro atoms. The molecule has 1 aromatic carbocycles. The van der Waals surface area contributed by atoms with Crippen molar-refractivity contribution in [3.05, 3.63) is 30.3 Å². The van der Waals surface area contributed by atoms with E-state index >= 15 is 0 Å². The summed E-state index contributed by atoms with van der Waals surface area (Å²) >= 11 is 3.72. The van der Waals surface area contributed by atoms with Gasteiger partial charge in [-0.25, -0.2) is 0 Å². The fourth-order valence-corrected chi connectivity index (χ4v) is 3.05. The highest BCUT2D eigenvalue weighted by atomic mass is 32.2. The van der Waals surface area contributed by atoms with E-state index in [1.165, 1.54) is 17.1 Å². The van der Waals surface area contributed by atoms with Crippen LogP contribution in [0, 0.1) is 0 Å². The zero-order valence-corrected chi connectivity index (χ0v) is 10.8. The minimum absolute atomic E-state index is 0.987. The summed E-state index contributed by atoms with van der Waals surface area (Å²) in [6, 6.07) is 10.5. The van der Waals surface area contributed by atoms with Crippen LogP contribution in [0.1, 0.15) is 6.42 Å². The van der Waals surface area contributed by atoms with Crippen molar-refractivity contribution in [1.82, 2.24) is 5.32 Å². The van der Waals surface area contributed by atoms with E-state index in [0.29, 0.717) is 0 Å². The first-order chi connectivity index (χ1) is 7.95. The van der Waals surface area contributed by atoms with Gasteiger partial charge in [0.2, 0.25) is 0 Å². The summed E-state index contributed by atoms with van der Waals surface area (Å²) in [6.45, 7) is 1.98. The van der Waals surface area contributed by atoms with Crippen LogP contribution in [0.5, 0.6) is 0 Å². The molecule has 1 N–H and O–H groups in total. The molecule has 2 rings (SSSR count). The van der Waals surface area contributed by atoms with Gasteiger partial charge in [-0.2, -0.15) is 0 Å². The maximum absolute atomic E-state index is 4.43. The molecule has 1 heterocycles. The van der Waals surface area contributed by atoms with Crippen molar-refractivity contribution in [2.75, 3.05) is 24.6 Å². The first kappa shape index (κ1) is 11.9. The fraction of sp³-hybridized carbons (Fsp3) is 0.417. The summed E-state index contributed by atoms with van der Waals surface area (Å²) in [5, 5.41) is 4.51. The Hall–Kier alpha value is -0.610. The molecule has 0 fully saturated rings. The average Bonchev–Trinajstić information content (AvgIpc) is 2.37. The highest BCUT2D eigenvalue weighted by molar-refractivity contribution is 8.13. The average molecular weight is 252 g/mol. The lowest BCUT2D eigenvalue weighted by Crippen LogP contribution is -2.25. The van der Waals surface area contributed by atoms with Crippen molar-refractivity contribution in [3.63, 3.8) is 0 Å². The molecule has 0 radical (unpaired) electrons. The molecule has 86 valence electrons. The van der Waals surface area contributed by atoms with Crippen molar-refractivity contribution in [2.45, 2.75) is 11.3 Å². The lowest BCUT2D eigenvalue weighted by molar-refractivity contribution is 0.904. The second-order valence-corrected chi connectivity index (χ2v) is 5.73. The van der Waals surface area contributed by atoms with Crippen LogP contribution in [0.4, 0.5) is 0 Å². The Labute approximate surface area is 105 Å². The first-order valence-electron chi connectivity index (χ1n) is 5.54. The smallest absolute Gasteiger partial charge is 0.156 e. The maximum Gasteiger partial charge on any atom is 0.156 e. The van der Waals surface area contributed by atoms with Gasteiger partial charge in [-0.3, -0.25) is 4.99 Å². The van der Waals surface area contributed by atoms with Crippen molar-refractivity contribution in [1.29, 1.82) is 0 Å². The highest BCUT2D eigenvalue weighted by Crippen LogP contribution is 2.16. The van der Waals surface area contributed by atoms with E-state index in [4.69, 9.17) is 0 Å². The summed E-state index contributed by atoms with van der Waals surface area (Å²) in [7, 11) is 0. The van der Waals surface area contributed by atoms with Crippen LogP contribution in [0.25, 0.3) is 0 Å². The molecule has 0 atom stereocenters. The Morgan fingerprint density at radius 2 is 2.19 bits per heavy atom. The van der Waals surface area contributed by atoms with Crippen LogP contribution < -0.4 is 5.32 Å². The molecule has 1 aliphatic heterocycles. The lowest BCUT2D eigenvalue weighted by Gasteiger charge is -2.12. The molecule has 0 amide bonds. The van der Waals surface area contributed by atoms with Gasteiger partial charge in [0.1, 0.15) is 0 Å². The molecule has 1 aliphatic rings. The zero-order valence-electron chi connectivity index (χ0n) is 9.19. The third-order valence-corrected chi connectivity index (χ3v) is 4.24. The minimum Gasteiger partial charge on any atom is -0.364 e. The molecule has 2 nitrogen and oxygen atoms in total. The molecular formula is C12H16N2S2. The van der Waals surface area contributed by atoms with Gasteiger partial charge in [0.15, 0.2) is 5.17 Å². The van der Waals surface area contributed by atoms with Crippen LogP contribution in [0.2, 0.25) is 0 Å². The van der Waals surface area contributed by atoms with Crippen LogP contribution in [0.15, 0.2) is 40.2 Å². The third-order valence-electron chi connectivity index (χ3n) is 2.19. The molecule has 16 heavy (non-hydrogen) atoms. The van der Waals surface area contributed by atoms with E-state index in [-0.39, 0.29) is 0 Å². The Morgan fingerprint density at radius 1 is 1.31 bits per heavy atom. The van der Waals surface area contributed by atoms with Crippen molar-refractivity contribution >= 4 is 28.7 Å². The number of amidine groups is 1. The second-order valence-electron chi connectivity index (χ2n) is 3.48. The zero-order chi connectivity index (χ0) is 11.1. The summed E-state index contributed by atoms with van der Waals surface area (Å²) in [5.41, 5.74) is 0. The lowest BCUT2D eigenvalue weighted by atomic mass is 10.4. The number of nitrogens with zero attached hydrogens (tertiary/aromatic N) is 1. The summed E-state index contributed by atoms with van der Waals surface area (Å²) in [6.07, 6.45) is 1.22. The highest BCUT2D eigenvalue weighted by Gasteiger charge is 2.04. The monoisotopic (exact) mass is 252 g/mol.